The van der Waals surface area contributed by atoms with Gasteiger partial charge in [0.25, 0.3) is 0 Å². The summed E-state index contributed by atoms with van der Waals surface area (Å²) in [5.74, 6) is -9.74. The van der Waals surface area contributed by atoms with Gasteiger partial charge in [0.15, 0.2) is 0 Å². The second-order valence-corrected chi connectivity index (χ2v) is 3.79. The zero-order chi connectivity index (χ0) is 17.6. The van der Waals surface area contributed by atoms with Crippen LogP contribution in [0.15, 0.2) is 0 Å². The normalized spacial score (nSPS) is 9.39. The van der Waals surface area contributed by atoms with E-state index in [1.54, 1.807) is 0 Å². The summed E-state index contributed by atoms with van der Waals surface area (Å²) in [4.78, 5) is 11.8. The number of carbonyl (C=O) groups excluding carboxylic acids is 1. The third kappa shape index (κ3) is 4.04. The van der Waals surface area contributed by atoms with Crippen molar-refractivity contribution in [2.45, 2.75) is 20.0 Å². The van der Waals surface area contributed by atoms with Crippen LogP contribution in [0.25, 0.3) is 0 Å². The van der Waals surface area contributed by atoms with Crippen molar-refractivity contribution in [2.75, 3.05) is 0 Å². The Morgan fingerprint density at radius 3 is 1.65 bits per heavy atom. The lowest BCUT2D eigenvalue weighted by molar-refractivity contribution is -0.137. The van der Waals surface area contributed by atoms with Crippen LogP contribution >= 0.6 is 0 Å². The number of halogens is 5. The van der Waals surface area contributed by atoms with Crippen LogP contribution in [-0.2, 0) is 4.79 Å². The van der Waals surface area contributed by atoms with Gasteiger partial charge in [-0.25, -0.2) is 18.0 Å². The first kappa shape index (κ1) is 18.1. The van der Waals surface area contributed by atoms with Crippen molar-refractivity contribution in [1.29, 1.82) is 0 Å². The summed E-state index contributed by atoms with van der Waals surface area (Å²) in [6, 6.07) is 4.52. The summed E-state index contributed by atoms with van der Waals surface area (Å²) in [5.41, 5.74) is 0. The highest BCUT2D eigenvalue weighted by Crippen LogP contribution is 2.29. The van der Waals surface area contributed by atoms with Crippen molar-refractivity contribution in [3.05, 3.63) is 29.1 Å². The van der Waals surface area contributed by atoms with E-state index in [1.165, 1.54) is 13.8 Å². The topological polar surface area (TPSA) is 50.4 Å². The number of hydrogen-bond donors (Lipinski definition) is 2. The van der Waals surface area contributed by atoms with E-state index in [0.29, 0.717) is 0 Å². The van der Waals surface area contributed by atoms with E-state index in [-0.39, 0.29) is 0 Å². The van der Waals surface area contributed by atoms with E-state index in [1.807, 2.05) is 0 Å². The minimum Gasteiger partial charge on any atom is -0.417 e. The minimum absolute atomic E-state index is 1.40. The van der Waals surface area contributed by atoms with Crippen molar-refractivity contribution in [3.63, 3.8) is 0 Å². The molecule has 0 saturated heterocycles. The van der Waals surface area contributed by atoms with E-state index in [2.05, 4.69) is 39.3 Å². The molecule has 0 spiro atoms. The maximum absolute atomic E-state index is 13.4. The third-order valence-electron chi connectivity index (χ3n) is 2.29. The molecule has 1 rings (SSSR count). The Kier molecular flexibility index (Phi) is 6.22. The summed E-state index contributed by atoms with van der Waals surface area (Å²) >= 11 is 0. The summed E-state index contributed by atoms with van der Waals surface area (Å²) in [6.07, 6.45) is -1.48. The van der Waals surface area contributed by atoms with Crippen LogP contribution in [0.3, 0.4) is 0 Å². The smallest absolute Gasteiger partial charge is 0.356 e. The van der Waals surface area contributed by atoms with Gasteiger partial charge in [0, 0.05) is 12.1 Å². The number of nitrogens with one attached hydrogen (secondary N) is 2. The fourth-order valence-corrected chi connectivity index (χ4v) is 1.28. The molecule has 2 N–H and O–H groups in total. The lowest BCUT2D eigenvalue weighted by atomic mass is 10.2. The van der Waals surface area contributed by atoms with Gasteiger partial charge in [-0.1, -0.05) is 11.8 Å². The molecule has 0 aromatic heterocycles. The first-order valence-corrected chi connectivity index (χ1v) is 5.92. The Hall–Kier alpha value is -2.94. The van der Waals surface area contributed by atoms with Gasteiger partial charge in [-0.3, -0.25) is 0 Å². The molecule has 1 aromatic carbocycles. The van der Waals surface area contributed by atoms with E-state index >= 15 is 0 Å². The highest BCUT2D eigenvalue weighted by Gasteiger charge is 2.30. The van der Waals surface area contributed by atoms with Crippen molar-refractivity contribution in [2.24, 2.45) is 0 Å². The number of hydrogen-bond acceptors (Lipinski definition) is 4. The SMILES string of the molecule is CC#CNC(NC#CC)C(=O)Oc1c(F)c(F)c(F)c(F)c1F. The van der Waals surface area contributed by atoms with Crippen LogP contribution in [0, 0.1) is 53.0 Å². The van der Waals surface area contributed by atoms with Crippen LogP contribution in [0.1, 0.15) is 13.8 Å². The van der Waals surface area contributed by atoms with Gasteiger partial charge in [0.05, 0.1) is 0 Å². The monoisotopic (exact) mass is 332 g/mol. The van der Waals surface area contributed by atoms with Crippen LogP contribution in [0.5, 0.6) is 5.75 Å². The first-order valence-electron chi connectivity index (χ1n) is 5.92. The van der Waals surface area contributed by atoms with E-state index in [4.69, 9.17) is 0 Å². The van der Waals surface area contributed by atoms with E-state index in [9.17, 15) is 26.7 Å². The van der Waals surface area contributed by atoms with Gasteiger partial charge in [0.2, 0.25) is 41.0 Å². The Bertz CT molecular complexity index is 692. The molecule has 23 heavy (non-hydrogen) atoms. The van der Waals surface area contributed by atoms with E-state index in [0.717, 1.165) is 0 Å². The number of ether oxygens (including phenoxy) is 1. The van der Waals surface area contributed by atoms with Crippen LogP contribution in [0.4, 0.5) is 22.0 Å². The van der Waals surface area contributed by atoms with Crippen molar-refractivity contribution >= 4 is 5.97 Å². The summed E-state index contributed by atoms with van der Waals surface area (Å²) in [7, 11) is 0. The Morgan fingerprint density at radius 1 is 0.870 bits per heavy atom. The molecule has 0 radical (unpaired) electrons. The van der Waals surface area contributed by atoms with Gasteiger partial charge in [-0.15, -0.1) is 0 Å². The molecule has 122 valence electrons. The van der Waals surface area contributed by atoms with Gasteiger partial charge in [-0.2, -0.15) is 8.78 Å². The molecule has 0 unspecified atom stereocenters. The number of esters is 1. The second kappa shape index (κ2) is 7.90. The molecule has 1 aromatic rings. The average molecular weight is 332 g/mol. The van der Waals surface area contributed by atoms with Crippen molar-refractivity contribution < 1.29 is 31.5 Å². The fourth-order valence-electron chi connectivity index (χ4n) is 1.28. The molecular weight excluding hydrogens is 323 g/mol. The molecule has 0 aliphatic carbocycles. The lowest BCUT2D eigenvalue weighted by Crippen LogP contribution is -2.46. The standard InChI is InChI=1S/C14H9F5N2O2/c1-3-5-20-13(21-6-4-2)14(22)23-12-10(18)8(16)7(15)9(17)11(12)19/h13,20-21H,1-2H3. The number of carbonyl (C=O) groups is 1. The summed E-state index contributed by atoms with van der Waals surface area (Å²) in [6.45, 7) is 2.84. The predicted molar refractivity (Wildman–Crippen MR) is 68.8 cm³/mol. The van der Waals surface area contributed by atoms with Crippen LogP contribution < -0.4 is 15.4 Å². The van der Waals surface area contributed by atoms with Gasteiger partial charge in [-0.05, 0) is 13.8 Å². The van der Waals surface area contributed by atoms with Crippen LogP contribution in [0.2, 0.25) is 0 Å². The molecule has 0 aliphatic heterocycles. The quantitative estimate of drug-likeness (QED) is 0.129. The highest BCUT2D eigenvalue weighted by atomic mass is 19.2. The number of rotatable bonds is 4. The maximum Gasteiger partial charge on any atom is 0.356 e. The molecule has 0 amide bonds. The average Bonchev–Trinajstić information content (AvgIpc) is 2.55. The third-order valence-corrected chi connectivity index (χ3v) is 2.29. The van der Waals surface area contributed by atoms with Crippen molar-refractivity contribution in [1.82, 2.24) is 10.6 Å². The first-order chi connectivity index (χ1) is 10.8. The molecule has 0 bridgehead atoms. The predicted octanol–water partition coefficient (Wildman–Crippen LogP) is 1.75. The fraction of sp³-hybridized carbons (Fsp3) is 0.214. The Balaban J connectivity index is 3.15. The molecule has 0 heterocycles. The molecule has 0 aliphatic rings. The Labute approximate surface area is 128 Å². The zero-order valence-electron chi connectivity index (χ0n) is 11.8. The molecule has 0 atom stereocenters. The molecule has 0 saturated carbocycles. The van der Waals surface area contributed by atoms with Gasteiger partial charge in [0.1, 0.15) is 0 Å². The lowest BCUT2D eigenvalue weighted by Gasteiger charge is -2.15. The highest BCUT2D eigenvalue weighted by molar-refractivity contribution is 5.78. The molecule has 9 heteroatoms. The van der Waals surface area contributed by atoms with Gasteiger partial charge >= 0.3 is 5.97 Å². The molecular formula is C14H9F5N2O2. The second-order valence-electron chi connectivity index (χ2n) is 3.79. The van der Waals surface area contributed by atoms with Gasteiger partial charge < -0.3 is 15.4 Å². The summed E-state index contributed by atoms with van der Waals surface area (Å²) in [5, 5.41) is 4.50. The zero-order valence-corrected chi connectivity index (χ0v) is 11.8. The number of benzene rings is 1. The minimum atomic E-state index is -2.36. The van der Waals surface area contributed by atoms with E-state index < -0.39 is 47.0 Å². The Morgan fingerprint density at radius 2 is 1.26 bits per heavy atom. The maximum atomic E-state index is 13.4. The molecule has 0 fully saturated rings. The molecule has 4 nitrogen and oxygen atoms in total. The van der Waals surface area contributed by atoms with Crippen molar-refractivity contribution in [3.8, 4) is 29.7 Å². The largest absolute Gasteiger partial charge is 0.417 e. The summed E-state index contributed by atoms with van der Waals surface area (Å²) < 4.78 is 70.1. The van der Waals surface area contributed by atoms with Crippen LogP contribution in [-0.4, -0.2) is 12.1 Å².